The van der Waals surface area contributed by atoms with Crippen LogP contribution in [0.4, 0.5) is 0 Å². The molecule has 0 spiro atoms. The first kappa shape index (κ1) is 24.4. The van der Waals surface area contributed by atoms with E-state index in [2.05, 4.69) is 6.92 Å². The molecule has 1 amide bonds. The van der Waals surface area contributed by atoms with Crippen LogP contribution in [0.5, 0.6) is 11.5 Å². The fourth-order valence-electron chi connectivity index (χ4n) is 4.04. The van der Waals surface area contributed by atoms with E-state index in [4.69, 9.17) is 9.47 Å². The van der Waals surface area contributed by atoms with Crippen molar-refractivity contribution in [2.75, 3.05) is 19.8 Å². The molecule has 6 nitrogen and oxygen atoms in total. The zero-order valence-corrected chi connectivity index (χ0v) is 19.7. The fraction of sp³-hybridized carbons (Fsp3) is 0.407. The monoisotopic (exact) mass is 451 g/mol. The smallest absolute Gasteiger partial charge is 0.295 e. The highest BCUT2D eigenvalue weighted by atomic mass is 16.5. The van der Waals surface area contributed by atoms with Gasteiger partial charge in [0.2, 0.25) is 0 Å². The minimum absolute atomic E-state index is 0.0952. The molecule has 0 radical (unpaired) electrons. The molecule has 1 unspecified atom stereocenters. The molecule has 33 heavy (non-hydrogen) atoms. The summed E-state index contributed by atoms with van der Waals surface area (Å²) < 4.78 is 11.3. The molecule has 0 aliphatic carbocycles. The van der Waals surface area contributed by atoms with Gasteiger partial charge in [-0.2, -0.15) is 0 Å². The van der Waals surface area contributed by atoms with Crippen LogP contribution in [0.2, 0.25) is 0 Å². The maximum Gasteiger partial charge on any atom is 0.295 e. The van der Waals surface area contributed by atoms with Crippen molar-refractivity contribution in [3.8, 4) is 11.5 Å². The lowest BCUT2D eigenvalue weighted by Gasteiger charge is -2.25. The molecule has 2 aromatic carbocycles. The van der Waals surface area contributed by atoms with Crippen LogP contribution >= 0.6 is 0 Å². The summed E-state index contributed by atoms with van der Waals surface area (Å²) in [5.74, 6) is -0.189. The van der Waals surface area contributed by atoms with Crippen molar-refractivity contribution in [2.45, 2.75) is 52.5 Å². The van der Waals surface area contributed by atoms with Crippen molar-refractivity contribution < 1.29 is 24.2 Å². The second-order valence-electron chi connectivity index (χ2n) is 8.08. The van der Waals surface area contributed by atoms with E-state index in [1.54, 1.807) is 29.2 Å². The van der Waals surface area contributed by atoms with Gasteiger partial charge in [0.1, 0.15) is 17.3 Å². The molecule has 1 atom stereocenters. The molecular formula is C27H33NO5. The molecule has 0 saturated carbocycles. The van der Waals surface area contributed by atoms with Crippen LogP contribution in [0.25, 0.3) is 5.76 Å². The van der Waals surface area contributed by atoms with E-state index in [1.165, 1.54) is 0 Å². The number of aliphatic hydroxyl groups is 1. The first-order valence-electron chi connectivity index (χ1n) is 11.8. The Hall–Kier alpha value is -3.28. The highest BCUT2D eigenvalue weighted by molar-refractivity contribution is 6.46. The standard InChI is InChI=1S/C27H33NO5/c1-4-7-8-15-28-24(19-11-9-13-21(17-19)32-6-3)23(26(30)27(28)31)25(29)20-12-10-14-22(18-20)33-16-5-2/h9-14,17-18,24,29H,4-8,15-16H2,1-3H3/b25-23-. The lowest BCUT2D eigenvalue weighted by atomic mass is 9.95. The van der Waals surface area contributed by atoms with Gasteiger partial charge in [0, 0.05) is 12.1 Å². The van der Waals surface area contributed by atoms with Crippen molar-refractivity contribution in [2.24, 2.45) is 0 Å². The van der Waals surface area contributed by atoms with Crippen LogP contribution in [0.1, 0.15) is 63.6 Å². The number of carbonyl (C=O) groups excluding carboxylic acids is 2. The Morgan fingerprint density at radius 3 is 2.36 bits per heavy atom. The highest BCUT2D eigenvalue weighted by Crippen LogP contribution is 2.40. The predicted octanol–water partition coefficient (Wildman–Crippen LogP) is 5.49. The molecule has 1 heterocycles. The summed E-state index contributed by atoms with van der Waals surface area (Å²) in [6.07, 6.45) is 3.59. The van der Waals surface area contributed by atoms with Crippen LogP contribution in [-0.2, 0) is 9.59 Å². The van der Waals surface area contributed by atoms with Crippen molar-refractivity contribution in [3.63, 3.8) is 0 Å². The van der Waals surface area contributed by atoms with Crippen LogP contribution in [0, 0.1) is 0 Å². The Bertz CT molecular complexity index is 1010. The number of hydrogen-bond donors (Lipinski definition) is 1. The third kappa shape index (κ3) is 5.56. The molecule has 6 heteroatoms. The predicted molar refractivity (Wildman–Crippen MR) is 128 cm³/mol. The minimum atomic E-state index is -0.678. The number of nitrogens with zero attached hydrogens (tertiary/aromatic N) is 1. The van der Waals surface area contributed by atoms with Gasteiger partial charge in [0.25, 0.3) is 11.7 Å². The fourth-order valence-corrected chi connectivity index (χ4v) is 4.04. The van der Waals surface area contributed by atoms with Crippen LogP contribution in [0.3, 0.4) is 0 Å². The Labute approximate surface area is 195 Å². The SMILES string of the molecule is CCCCCN1C(=O)C(=O)/C(=C(\O)c2cccc(OCCC)c2)C1c1cccc(OCC)c1. The summed E-state index contributed by atoms with van der Waals surface area (Å²) >= 11 is 0. The lowest BCUT2D eigenvalue weighted by molar-refractivity contribution is -0.139. The summed E-state index contributed by atoms with van der Waals surface area (Å²) in [7, 11) is 0. The summed E-state index contributed by atoms with van der Waals surface area (Å²) in [6, 6.07) is 13.7. The number of hydrogen-bond acceptors (Lipinski definition) is 5. The van der Waals surface area contributed by atoms with E-state index in [0.717, 1.165) is 31.2 Å². The maximum absolute atomic E-state index is 13.1. The summed E-state index contributed by atoms with van der Waals surface area (Å²) in [5.41, 5.74) is 1.27. The third-order valence-electron chi connectivity index (χ3n) is 5.61. The van der Waals surface area contributed by atoms with E-state index in [9.17, 15) is 14.7 Å². The highest BCUT2D eigenvalue weighted by Gasteiger charge is 2.45. The molecule has 1 aliphatic heterocycles. The lowest BCUT2D eigenvalue weighted by Crippen LogP contribution is -2.30. The maximum atomic E-state index is 13.1. The van der Waals surface area contributed by atoms with Gasteiger partial charge in [-0.3, -0.25) is 9.59 Å². The number of benzene rings is 2. The van der Waals surface area contributed by atoms with Crippen LogP contribution in [0.15, 0.2) is 54.1 Å². The van der Waals surface area contributed by atoms with E-state index in [-0.39, 0.29) is 11.3 Å². The van der Waals surface area contributed by atoms with Crippen molar-refractivity contribution in [3.05, 3.63) is 65.2 Å². The number of likely N-dealkylation sites (tertiary alicyclic amines) is 1. The number of ketones is 1. The Morgan fingerprint density at radius 2 is 1.67 bits per heavy atom. The number of amides is 1. The molecule has 0 bridgehead atoms. The minimum Gasteiger partial charge on any atom is -0.507 e. The number of rotatable bonds is 11. The Balaban J connectivity index is 2.09. The van der Waals surface area contributed by atoms with Crippen LogP contribution < -0.4 is 9.47 Å². The molecule has 1 saturated heterocycles. The molecule has 1 aliphatic rings. The van der Waals surface area contributed by atoms with E-state index in [1.807, 2.05) is 38.1 Å². The normalized spacial score (nSPS) is 17.4. The second kappa shape index (κ2) is 11.5. The quantitative estimate of drug-likeness (QED) is 0.212. The molecule has 2 aromatic rings. The van der Waals surface area contributed by atoms with Gasteiger partial charge in [0.05, 0.1) is 24.8 Å². The second-order valence-corrected chi connectivity index (χ2v) is 8.08. The number of ether oxygens (including phenoxy) is 2. The zero-order chi connectivity index (χ0) is 23.8. The number of Topliss-reactive ketones (excluding diaryl/α,β-unsaturated/α-hetero) is 1. The summed E-state index contributed by atoms with van der Waals surface area (Å²) in [4.78, 5) is 27.7. The van der Waals surface area contributed by atoms with Crippen molar-refractivity contribution >= 4 is 17.4 Å². The van der Waals surface area contributed by atoms with E-state index in [0.29, 0.717) is 36.8 Å². The molecule has 176 valence electrons. The Morgan fingerprint density at radius 1 is 0.939 bits per heavy atom. The van der Waals surface area contributed by atoms with Gasteiger partial charge < -0.3 is 19.5 Å². The molecular weight excluding hydrogens is 418 g/mol. The number of carbonyl (C=O) groups is 2. The van der Waals surface area contributed by atoms with Gasteiger partial charge in [0.15, 0.2) is 0 Å². The average molecular weight is 452 g/mol. The number of unbranched alkanes of at least 4 members (excludes halogenated alkanes) is 2. The van der Waals surface area contributed by atoms with Crippen molar-refractivity contribution in [1.82, 2.24) is 4.90 Å². The summed E-state index contributed by atoms with van der Waals surface area (Å²) in [5, 5.41) is 11.2. The van der Waals surface area contributed by atoms with Gasteiger partial charge in [-0.25, -0.2) is 0 Å². The summed E-state index contributed by atoms with van der Waals surface area (Å²) in [6.45, 7) is 7.50. The number of aliphatic hydroxyl groups excluding tert-OH is 1. The third-order valence-corrected chi connectivity index (χ3v) is 5.61. The Kier molecular flexibility index (Phi) is 8.52. The van der Waals surface area contributed by atoms with E-state index < -0.39 is 17.7 Å². The van der Waals surface area contributed by atoms with Crippen LogP contribution in [-0.4, -0.2) is 41.5 Å². The average Bonchev–Trinajstić information content (AvgIpc) is 3.08. The molecule has 3 rings (SSSR count). The molecule has 1 fully saturated rings. The first-order valence-corrected chi connectivity index (χ1v) is 11.8. The molecule has 1 N–H and O–H groups in total. The van der Waals surface area contributed by atoms with Gasteiger partial charge in [-0.15, -0.1) is 0 Å². The zero-order valence-electron chi connectivity index (χ0n) is 19.7. The van der Waals surface area contributed by atoms with Gasteiger partial charge in [-0.1, -0.05) is 51.0 Å². The van der Waals surface area contributed by atoms with Gasteiger partial charge in [-0.05, 0) is 49.6 Å². The first-order chi connectivity index (χ1) is 16.0. The van der Waals surface area contributed by atoms with E-state index >= 15 is 0 Å². The van der Waals surface area contributed by atoms with Gasteiger partial charge >= 0.3 is 0 Å². The van der Waals surface area contributed by atoms with Crippen molar-refractivity contribution in [1.29, 1.82) is 0 Å². The molecule has 0 aromatic heterocycles. The largest absolute Gasteiger partial charge is 0.507 e. The topological polar surface area (TPSA) is 76.1 Å².